The number of rotatable bonds is 2. The van der Waals surface area contributed by atoms with Crippen LogP contribution in [0.4, 0.5) is 0 Å². The fraction of sp³-hybridized carbons (Fsp3) is 1.00. The molecule has 2 heterocycles. The van der Waals surface area contributed by atoms with Gasteiger partial charge in [-0.2, -0.15) is 0 Å². The summed E-state index contributed by atoms with van der Waals surface area (Å²) in [5, 5.41) is 0. The first-order valence-electron chi connectivity index (χ1n) is 14.0. The van der Waals surface area contributed by atoms with E-state index in [1.807, 2.05) is 0 Å². The Balaban J connectivity index is 1.20. The van der Waals surface area contributed by atoms with E-state index in [1.54, 1.807) is 0 Å². The fourth-order valence-corrected chi connectivity index (χ4v) is 11.1. The van der Waals surface area contributed by atoms with Crippen LogP contribution in [0.2, 0.25) is 0 Å². The maximum Gasteiger partial charge on any atom is 0.469 e. The SMILES string of the molecule is CC1C2C(CC3C4CCC5C[C@@H](OP(=O)(O)O)CC[C@]5(C)C4CC[C@@]32C)O[C@]12CC[C@H](C)CO2. The minimum Gasteiger partial charge on any atom is -0.349 e. The van der Waals surface area contributed by atoms with Crippen LogP contribution in [0.25, 0.3) is 0 Å². The Hall–Kier alpha value is 0.0300. The van der Waals surface area contributed by atoms with Crippen LogP contribution in [0.15, 0.2) is 0 Å². The molecule has 7 heteroatoms. The summed E-state index contributed by atoms with van der Waals surface area (Å²) in [6.07, 6.45) is 11.1. The third-order valence-corrected chi connectivity index (χ3v) is 12.7. The molecule has 2 N–H and O–H groups in total. The molecule has 2 aliphatic heterocycles. The summed E-state index contributed by atoms with van der Waals surface area (Å²) in [5.41, 5.74) is 0.609. The average molecular weight is 497 g/mol. The second-order valence-electron chi connectivity index (χ2n) is 13.7. The van der Waals surface area contributed by atoms with E-state index >= 15 is 0 Å². The summed E-state index contributed by atoms with van der Waals surface area (Å²) in [7, 11) is -4.42. The molecule has 0 aromatic heterocycles. The van der Waals surface area contributed by atoms with Crippen molar-refractivity contribution < 1.29 is 28.3 Å². The van der Waals surface area contributed by atoms with Gasteiger partial charge in [0.25, 0.3) is 0 Å². The van der Waals surface area contributed by atoms with E-state index in [0.717, 1.165) is 50.0 Å². The van der Waals surface area contributed by atoms with Gasteiger partial charge in [-0.25, -0.2) is 4.57 Å². The molecule has 6 nitrogen and oxygen atoms in total. The van der Waals surface area contributed by atoms with Crippen molar-refractivity contribution in [1.29, 1.82) is 0 Å². The lowest BCUT2D eigenvalue weighted by molar-refractivity contribution is -0.273. The van der Waals surface area contributed by atoms with Gasteiger partial charge in [-0.1, -0.05) is 27.7 Å². The lowest BCUT2D eigenvalue weighted by Crippen LogP contribution is -2.55. The van der Waals surface area contributed by atoms with Gasteiger partial charge in [-0.3, -0.25) is 4.52 Å². The van der Waals surface area contributed by atoms with Gasteiger partial charge < -0.3 is 19.3 Å². The molecular formula is C27H45O6P. The molecule has 0 bridgehead atoms. The average Bonchev–Trinajstić information content (AvgIpc) is 3.20. The molecule has 194 valence electrons. The van der Waals surface area contributed by atoms with Crippen LogP contribution < -0.4 is 0 Å². The summed E-state index contributed by atoms with van der Waals surface area (Å²) < 4.78 is 29.9. The van der Waals surface area contributed by atoms with Gasteiger partial charge in [0, 0.05) is 12.3 Å². The predicted octanol–water partition coefficient (Wildman–Crippen LogP) is 5.91. The summed E-state index contributed by atoms with van der Waals surface area (Å²) >= 11 is 0. The molecule has 2 saturated heterocycles. The Labute approximate surface area is 205 Å². The topological polar surface area (TPSA) is 85.2 Å². The monoisotopic (exact) mass is 496 g/mol. The first-order chi connectivity index (χ1) is 16.0. The molecule has 0 aromatic carbocycles. The molecule has 7 unspecified atom stereocenters. The van der Waals surface area contributed by atoms with Crippen molar-refractivity contribution in [3.8, 4) is 0 Å². The van der Waals surface area contributed by atoms with Crippen molar-refractivity contribution in [3.05, 3.63) is 0 Å². The van der Waals surface area contributed by atoms with Gasteiger partial charge in [-0.15, -0.1) is 0 Å². The summed E-state index contributed by atoms with van der Waals surface area (Å²) in [6.45, 7) is 10.6. The van der Waals surface area contributed by atoms with E-state index in [4.69, 9.17) is 14.0 Å². The summed E-state index contributed by atoms with van der Waals surface area (Å²) in [6, 6.07) is 0. The number of fused-ring (bicyclic) bond motifs is 7. The zero-order valence-corrected chi connectivity index (χ0v) is 22.3. The van der Waals surface area contributed by atoms with Gasteiger partial charge in [0.2, 0.25) is 0 Å². The van der Waals surface area contributed by atoms with Gasteiger partial charge in [0.1, 0.15) is 0 Å². The second-order valence-corrected chi connectivity index (χ2v) is 14.9. The normalized spacial score (nSPS) is 57.1. The standard InChI is InChI=1S/C27H45O6P/c1-16-7-12-27(31-15-16)17(2)24-23(32-27)14-22-20-6-5-18-13-19(33-34(28,29)30)8-10-25(18,3)21(20)9-11-26(22,24)4/h16-24H,5-15H2,1-4H3,(H2,28,29,30)/t16-,17?,18?,19-,20?,21?,22?,23?,24?,25-,26-,27+/m0/s1. The fourth-order valence-electron chi connectivity index (χ4n) is 10.5. The van der Waals surface area contributed by atoms with E-state index in [0.29, 0.717) is 35.2 Å². The molecule has 34 heavy (non-hydrogen) atoms. The lowest BCUT2D eigenvalue weighted by atomic mass is 9.44. The molecule has 4 saturated carbocycles. The molecule has 4 aliphatic carbocycles. The molecule has 6 aliphatic rings. The van der Waals surface area contributed by atoms with Crippen molar-refractivity contribution >= 4 is 7.82 Å². The van der Waals surface area contributed by atoms with Crippen molar-refractivity contribution in [1.82, 2.24) is 0 Å². The van der Waals surface area contributed by atoms with E-state index in [2.05, 4.69) is 27.7 Å². The first kappa shape index (κ1) is 24.4. The molecule has 0 amide bonds. The van der Waals surface area contributed by atoms with E-state index in [-0.39, 0.29) is 17.3 Å². The van der Waals surface area contributed by atoms with Gasteiger partial charge in [0.15, 0.2) is 5.79 Å². The third kappa shape index (κ3) is 3.56. The van der Waals surface area contributed by atoms with E-state index < -0.39 is 7.82 Å². The zero-order chi connectivity index (χ0) is 24.1. The second kappa shape index (κ2) is 8.01. The van der Waals surface area contributed by atoms with Crippen LogP contribution in [0.1, 0.15) is 91.9 Å². The third-order valence-electron chi connectivity index (χ3n) is 12.2. The van der Waals surface area contributed by atoms with Gasteiger partial charge in [0.05, 0.1) is 18.8 Å². The Kier molecular flexibility index (Phi) is 5.74. The lowest BCUT2D eigenvalue weighted by Gasteiger charge is -2.61. The van der Waals surface area contributed by atoms with Crippen LogP contribution in [0.5, 0.6) is 0 Å². The van der Waals surface area contributed by atoms with Crippen LogP contribution in [0, 0.1) is 52.3 Å². The van der Waals surface area contributed by atoms with Crippen LogP contribution in [-0.4, -0.2) is 34.4 Å². The van der Waals surface area contributed by atoms with Crippen LogP contribution in [-0.2, 0) is 18.6 Å². The van der Waals surface area contributed by atoms with E-state index in [9.17, 15) is 14.4 Å². The van der Waals surface area contributed by atoms with Crippen molar-refractivity contribution in [2.75, 3.05) is 6.61 Å². The molecule has 1 spiro atoms. The Morgan fingerprint density at radius 2 is 1.68 bits per heavy atom. The van der Waals surface area contributed by atoms with Crippen molar-refractivity contribution in [2.24, 2.45) is 52.3 Å². The zero-order valence-electron chi connectivity index (χ0n) is 21.4. The van der Waals surface area contributed by atoms with Crippen molar-refractivity contribution in [3.63, 3.8) is 0 Å². The maximum atomic E-state index is 11.4. The molecule has 0 radical (unpaired) electrons. The number of hydrogen-bond acceptors (Lipinski definition) is 4. The van der Waals surface area contributed by atoms with Gasteiger partial charge in [-0.05, 0) is 104 Å². The number of ether oxygens (including phenoxy) is 2. The quantitative estimate of drug-likeness (QED) is 0.462. The van der Waals surface area contributed by atoms with Crippen LogP contribution in [0.3, 0.4) is 0 Å². The minimum absolute atomic E-state index is 0.271. The highest BCUT2D eigenvalue weighted by molar-refractivity contribution is 7.46. The summed E-state index contributed by atoms with van der Waals surface area (Å²) in [4.78, 5) is 18.6. The largest absolute Gasteiger partial charge is 0.469 e. The molecule has 0 aromatic rings. The maximum absolute atomic E-state index is 11.4. The molecule has 6 fully saturated rings. The highest BCUT2D eigenvalue weighted by atomic mass is 31.2. The van der Waals surface area contributed by atoms with Gasteiger partial charge >= 0.3 is 7.82 Å². The molecule has 12 atom stereocenters. The smallest absolute Gasteiger partial charge is 0.349 e. The Morgan fingerprint density at radius 1 is 0.912 bits per heavy atom. The highest BCUT2D eigenvalue weighted by Gasteiger charge is 2.69. The number of phosphoric acid groups is 1. The predicted molar refractivity (Wildman–Crippen MR) is 129 cm³/mol. The first-order valence-corrected chi connectivity index (χ1v) is 15.5. The Bertz CT molecular complexity index is 850. The van der Waals surface area contributed by atoms with Crippen LogP contribution >= 0.6 is 7.82 Å². The Morgan fingerprint density at radius 3 is 2.38 bits per heavy atom. The van der Waals surface area contributed by atoms with Crippen molar-refractivity contribution in [2.45, 2.75) is 110 Å². The highest BCUT2D eigenvalue weighted by Crippen LogP contribution is 2.71. The van der Waals surface area contributed by atoms with E-state index in [1.165, 1.54) is 38.5 Å². The number of phosphoric ester groups is 1. The molecule has 6 rings (SSSR count). The molecular weight excluding hydrogens is 451 g/mol. The minimum atomic E-state index is -4.42. The number of hydrogen-bond donors (Lipinski definition) is 2. The summed E-state index contributed by atoms with van der Waals surface area (Å²) in [5.74, 6) is 4.07.